The van der Waals surface area contributed by atoms with Gasteiger partial charge in [-0.3, -0.25) is 0 Å². The van der Waals surface area contributed by atoms with Crippen molar-refractivity contribution in [2.45, 2.75) is 13.0 Å². The molecule has 0 aliphatic rings. The molecule has 1 aromatic carbocycles. The van der Waals surface area contributed by atoms with E-state index in [1.807, 2.05) is 12.1 Å². The molecule has 1 aromatic heterocycles. The van der Waals surface area contributed by atoms with E-state index in [9.17, 15) is 0 Å². The third-order valence-corrected chi connectivity index (χ3v) is 3.73. The van der Waals surface area contributed by atoms with Crippen LogP contribution in [0, 0.1) is 0 Å². The molecule has 2 rings (SSSR count). The van der Waals surface area contributed by atoms with Gasteiger partial charge in [-0.05, 0) is 35.0 Å². The van der Waals surface area contributed by atoms with Crippen LogP contribution in [0.25, 0.3) is 0 Å². The van der Waals surface area contributed by atoms with Gasteiger partial charge in [-0.1, -0.05) is 19.1 Å². The normalized spacial score (nSPS) is 12.2. The Labute approximate surface area is 118 Å². The standard InChI is InChI=1S/C15H19NO2S/c1-4-16-14(11-8-9-19-10-11)12-6-5-7-13(17-2)15(12)18-3/h5-10,14,16H,4H2,1-3H3. The van der Waals surface area contributed by atoms with Crippen LogP contribution >= 0.6 is 11.3 Å². The molecule has 1 N–H and O–H groups in total. The number of thiophene rings is 1. The third-order valence-electron chi connectivity index (χ3n) is 3.03. The summed E-state index contributed by atoms with van der Waals surface area (Å²) in [5, 5.41) is 7.75. The summed E-state index contributed by atoms with van der Waals surface area (Å²) < 4.78 is 10.9. The van der Waals surface area contributed by atoms with Gasteiger partial charge in [0.15, 0.2) is 11.5 Å². The average Bonchev–Trinajstić information content (AvgIpc) is 2.97. The number of nitrogens with one attached hydrogen (secondary N) is 1. The molecule has 4 heteroatoms. The first-order valence-electron chi connectivity index (χ1n) is 6.28. The van der Waals surface area contributed by atoms with Crippen LogP contribution in [-0.2, 0) is 0 Å². The summed E-state index contributed by atoms with van der Waals surface area (Å²) in [5.74, 6) is 1.56. The highest BCUT2D eigenvalue weighted by Gasteiger charge is 2.20. The van der Waals surface area contributed by atoms with Crippen molar-refractivity contribution in [3.8, 4) is 11.5 Å². The summed E-state index contributed by atoms with van der Waals surface area (Å²) in [6.45, 7) is 2.99. The molecule has 3 nitrogen and oxygen atoms in total. The molecule has 0 radical (unpaired) electrons. The zero-order valence-corrected chi connectivity index (χ0v) is 12.3. The molecule has 19 heavy (non-hydrogen) atoms. The maximum atomic E-state index is 5.53. The fraction of sp³-hybridized carbons (Fsp3) is 0.333. The SMILES string of the molecule is CCNC(c1ccsc1)c1cccc(OC)c1OC. The lowest BCUT2D eigenvalue weighted by molar-refractivity contribution is 0.349. The minimum absolute atomic E-state index is 0.126. The number of hydrogen-bond donors (Lipinski definition) is 1. The highest BCUT2D eigenvalue weighted by molar-refractivity contribution is 7.08. The summed E-state index contributed by atoms with van der Waals surface area (Å²) in [4.78, 5) is 0. The highest BCUT2D eigenvalue weighted by Crippen LogP contribution is 2.37. The number of para-hydroxylation sites is 1. The zero-order chi connectivity index (χ0) is 13.7. The molecular formula is C15H19NO2S. The number of methoxy groups -OCH3 is 2. The van der Waals surface area contributed by atoms with Crippen LogP contribution in [0.3, 0.4) is 0 Å². The molecule has 0 aliphatic carbocycles. The van der Waals surface area contributed by atoms with Gasteiger partial charge >= 0.3 is 0 Å². The Morgan fingerprint density at radius 1 is 1.21 bits per heavy atom. The fourth-order valence-corrected chi connectivity index (χ4v) is 2.88. The summed E-state index contributed by atoms with van der Waals surface area (Å²) >= 11 is 1.70. The lowest BCUT2D eigenvalue weighted by Crippen LogP contribution is -2.22. The van der Waals surface area contributed by atoms with E-state index in [2.05, 4.69) is 35.1 Å². The lowest BCUT2D eigenvalue weighted by Gasteiger charge is -2.21. The lowest BCUT2D eigenvalue weighted by atomic mass is 9.99. The second kappa shape index (κ2) is 6.59. The van der Waals surface area contributed by atoms with Crippen molar-refractivity contribution >= 4 is 11.3 Å². The third kappa shape index (κ3) is 2.91. The van der Waals surface area contributed by atoms with Gasteiger partial charge in [0.25, 0.3) is 0 Å². The zero-order valence-electron chi connectivity index (χ0n) is 11.5. The Morgan fingerprint density at radius 3 is 2.63 bits per heavy atom. The maximum Gasteiger partial charge on any atom is 0.165 e. The van der Waals surface area contributed by atoms with Crippen molar-refractivity contribution in [3.63, 3.8) is 0 Å². The van der Waals surface area contributed by atoms with Crippen LogP contribution in [0.5, 0.6) is 11.5 Å². The molecule has 0 fully saturated rings. The van der Waals surface area contributed by atoms with E-state index in [4.69, 9.17) is 9.47 Å². The molecule has 2 aromatic rings. The van der Waals surface area contributed by atoms with Crippen LogP contribution < -0.4 is 14.8 Å². The van der Waals surface area contributed by atoms with E-state index in [0.29, 0.717) is 0 Å². The van der Waals surface area contributed by atoms with E-state index in [0.717, 1.165) is 23.6 Å². The summed E-state index contributed by atoms with van der Waals surface area (Å²) in [7, 11) is 3.34. The Kier molecular flexibility index (Phi) is 4.82. The largest absolute Gasteiger partial charge is 0.493 e. The number of hydrogen-bond acceptors (Lipinski definition) is 4. The van der Waals surface area contributed by atoms with Crippen molar-refractivity contribution in [3.05, 3.63) is 46.2 Å². The van der Waals surface area contributed by atoms with Crippen molar-refractivity contribution in [1.82, 2.24) is 5.32 Å². The van der Waals surface area contributed by atoms with Crippen molar-refractivity contribution in [2.24, 2.45) is 0 Å². The predicted octanol–water partition coefficient (Wildman–Crippen LogP) is 3.46. The van der Waals surface area contributed by atoms with E-state index < -0.39 is 0 Å². The van der Waals surface area contributed by atoms with Crippen molar-refractivity contribution < 1.29 is 9.47 Å². The summed E-state index contributed by atoms with van der Waals surface area (Å²) in [5.41, 5.74) is 2.35. The molecule has 0 aliphatic heterocycles. The van der Waals surface area contributed by atoms with Crippen LogP contribution in [0.2, 0.25) is 0 Å². The first-order valence-corrected chi connectivity index (χ1v) is 7.22. The second-order valence-corrected chi connectivity index (χ2v) is 4.91. The molecule has 102 valence electrons. The molecule has 0 spiro atoms. The Hall–Kier alpha value is -1.52. The molecule has 0 saturated heterocycles. The topological polar surface area (TPSA) is 30.5 Å². The van der Waals surface area contributed by atoms with E-state index in [1.165, 1.54) is 5.56 Å². The van der Waals surface area contributed by atoms with Crippen molar-refractivity contribution in [2.75, 3.05) is 20.8 Å². The number of benzene rings is 1. The van der Waals surface area contributed by atoms with Gasteiger partial charge in [-0.15, -0.1) is 0 Å². The Morgan fingerprint density at radius 2 is 2.05 bits per heavy atom. The molecule has 0 amide bonds. The van der Waals surface area contributed by atoms with Crippen LogP contribution in [0.4, 0.5) is 0 Å². The maximum absolute atomic E-state index is 5.53. The van der Waals surface area contributed by atoms with Crippen molar-refractivity contribution in [1.29, 1.82) is 0 Å². The van der Waals surface area contributed by atoms with E-state index in [1.54, 1.807) is 25.6 Å². The molecule has 1 unspecified atom stereocenters. The van der Waals surface area contributed by atoms with Crippen LogP contribution in [0.1, 0.15) is 24.1 Å². The number of ether oxygens (including phenoxy) is 2. The predicted molar refractivity (Wildman–Crippen MR) is 79.4 cm³/mol. The molecule has 1 atom stereocenters. The van der Waals surface area contributed by atoms with Gasteiger partial charge in [0.1, 0.15) is 0 Å². The van der Waals surface area contributed by atoms with Gasteiger partial charge in [-0.2, -0.15) is 11.3 Å². The van der Waals surface area contributed by atoms with Gasteiger partial charge in [0, 0.05) is 5.56 Å². The molecule has 0 bridgehead atoms. The molecular weight excluding hydrogens is 258 g/mol. The first-order chi connectivity index (χ1) is 9.31. The van der Waals surface area contributed by atoms with Crippen LogP contribution in [-0.4, -0.2) is 20.8 Å². The van der Waals surface area contributed by atoms with Crippen LogP contribution in [0.15, 0.2) is 35.0 Å². The van der Waals surface area contributed by atoms with E-state index in [-0.39, 0.29) is 6.04 Å². The fourth-order valence-electron chi connectivity index (χ4n) is 2.19. The van der Waals surface area contributed by atoms with Gasteiger partial charge in [0.05, 0.1) is 20.3 Å². The Balaban J connectivity index is 2.47. The minimum atomic E-state index is 0.126. The summed E-state index contributed by atoms with van der Waals surface area (Å²) in [6.07, 6.45) is 0. The van der Waals surface area contributed by atoms with E-state index >= 15 is 0 Å². The Bertz CT molecular complexity index is 511. The highest BCUT2D eigenvalue weighted by atomic mass is 32.1. The smallest absolute Gasteiger partial charge is 0.165 e. The quantitative estimate of drug-likeness (QED) is 0.877. The van der Waals surface area contributed by atoms with Gasteiger partial charge < -0.3 is 14.8 Å². The second-order valence-electron chi connectivity index (χ2n) is 4.13. The number of rotatable bonds is 6. The van der Waals surface area contributed by atoms with Gasteiger partial charge in [-0.25, -0.2) is 0 Å². The minimum Gasteiger partial charge on any atom is -0.493 e. The average molecular weight is 277 g/mol. The monoisotopic (exact) mass is 277 g/mol. The van der Waals surface area contributed by atoms with Gasteiger partial charge in [0.2, 0.25) is 0 Å². The molecule has 1 heterocycles. The molecule has 0 saturated carbocycles. The first kappa shape index (κ1) is 13.9. The summed E-state index contributed by atoms with van der Waals surface area (Å²) in [6, 6.07) is 8.25.